The highest BCUT2D eigenvalue weighted by atomic mass is 35.5. The van der Waals surface area contributed by atoms with Crippen molar-refractivity contribution in [2.24, 2.45) is 0 Å². The quantitative estimate of drug-likeness (QED) is 0.774. The van der Waals surface area contributed by atoms with Crippen LogP contribution in [0.15, 0.2) is 24.3 Å². The van der Waals surface area contributed by atoms with Gasteiger partial charge in [-0.05, 0) is 30.9 Å². The van der Waals surface area contributed by atoms with Gasteiger partial charge in [0.15, 0.2) is 0 Å². The fraction of sp³-hybridized carbons (Fsp3) is 0.462. The average Bonchev–Trinajstić information content (AvgIpc) is 2.29. The summed E-state index contributed by atoms with van der Waals surface area (Å²) in [6.45, 7) is 3.69. The molecule has 1 aromatic carbocycles. The van der Waals surface area contributed by atoms with Gasteiger partial charge in [0.05, 0.1) is 0 Å². The zero-order chi connectivity index (χ0) is 11.5. The van der Waals surface area contributed by atoms with Crippen LogP contribution in [0.1, 0.15) is 31.2 Å². The molecule has 0 N–H and O–H groups in total. The van der Waals surface area contributed by atoms with Crippen LogP contribution in [0.25, 0.3) is 0 Å². The van der Waals surface area contributed by atoms with Gasteiger partial charge < -0.3 is 4.90 Å². The van der Waals surface area contributed by atoms with E-state index in [-0.39, 0.29) is 5.91 Å². The van der Waals surface area contributed by atoms with Crippen molar-refractivity contribution in [1.29, 1.82) is 0 Å². The van der Waals surface area contributed by atoms with Crippen molar-refractivity contribution >= 4 is 17.5 Å². The topological polar surface area (TPSA) is 20.3 Å². The maximum atomic E-state index is 11.8. The molecule has 1 saturated heterocycles. The molecule has 2 rings (SSSR count). The second-order valence-electron chi connectivity index (χ2n) is 4.18. The summed E-state index contributed by atoms with van der Waals surface area (Å²) in [5.74, 6) is 0.544. The summed E-state index contributed by atoms with van der Waals surface area (Å²) in [5, 5.41) is 0.783. The van der Waals surface area contributed by atoms with Crippen molar-refractivity contribution in [1.82, 2.24) is 4.90 Å². The number of hydrogen-bond donors (Lipinski definition) is 0. The van der Waals surface area contributed by atoms with E-state index in [2.05, 4.69) is 0 Å². The number of rotatable bonds is 2. The fourth-order valence-electron chi connectivity index (χ4n) is 2.28. The normalized spacial score (nSPS) is 21.2. The predicted molar refractivity (Wildman–Crippen MR) is 65.7 cm³/mol. The number of likely N-dealkylation sites (tertiary alicyclic amines) is 1. The smallest absolute Gasteiger partial charge is 0.223 e. The Kier molecular flexibility index (Phi) is 3.49. The van der Waals surface area contributed by atoms with Crippen LogP contribution in [0.4, 0.5) is 0 Å². The number of halogens is 1. The summed E-state index contributed by atoms with van der Waals surface area (Å²) >= 11 is 6.15. The number of hydrogen-bond acceptors (Lipinski definition) is 1. The first-order chi connectivity index (χ1) is 7.72. The molecule has 86 valence electrons. The molecule has 0 aromatic heterocycles. The zero-order valence-corrected chi connectivity index (χ0v) is 10.2. The number of nitrogens with zero attached hydrogens (tertiary/aromatic N) is 1. The van der Waals surface area contributed by atoms with E-state index in [4.69, 9.17) is 11.6 Å². The van der Waals surface area contributed by atoms with Gasteiger partial charge in [0.2, 0.25) is 5.91 Å². The summed E-state index contributed by atoms with van der Waals surface area (Å²) in [6, 6.07) is 7.84. The minimum atomic E-state index is 0.249. The Hall–Kier alpha value is -1.02. The van der Waals surface area contributed by atoms with Gasteiger partial charge in [-0.25, -0.2) is 0 Å². The molecule has 1 amide bonds. The lowest BCUT2D eigenvalue weighted by molar-refractivity contribution is -0.133. The van der Waals surface area contributed by atoms with Gasteiger partial charge >= 0.3 is 0 Å². The van der Waals surface area contributed by atoms with E-state index >= 15 is 0 Å². The Morgan fingerprint density at radius 2 is 2.19 bits per heavy atom. The van der Waals surface area contributed by atoms with Crippen LogP contribution in [-0.4, -0.2) is 23.9 Å². The molecule has 1 aliphatic rings. The maximum Gasteiger partial charge on any atom is 0.223 e. The van der Waals surface area contributed by atoms with Gasteiger partial charge in [-0.15, -0.1) is 0 Å². The first kappa shape index (κ1) is 11.5. The van der Waals surface area contributed by atoms with Crippen molar-refractivity contribution in [2.75, 3.05) is 13.1 Å². The minimum absolute atomic E-state index is 0.249. The van der Waals surface area contributed by atoms with Gasteiger partial charge in [0, 0.05) is 24.5 Å². The van der Waals surface area contributed by atoms with Crippen LogP contribution in [0.2, 0.25) is 5.02 Å². The molecule has 1 unspecified atom stereocenters. The standard InChI is InChI=1S/C13H16ClNO/c1-2-15-8-7-10(9-13(15)16)11-5-3-4-6-12(11)14/h3-6,10H,2,7-9H2,1H3. The van der Waals surface area contributed by atoms with E-state index in [9.17, 15) is 4.79 Å². The number of benzene rings is 1. The third-order valence-corrected chi connectivity index (χ3v) is 3.59. The molecule has 0 spiro atoms. The Bertz CT molecular complexity index is 391. The molecule has 1 fully saturated rings. The minimum Gasteiger partial charge on any atom is -0.343 e. The Balaban J connectivity index is 2.14. The monoisotopic (exact) mass is 237 g/mol. The summed E-state index contributed by atoms with van der Waals surface area (Å²) in [6.07, 6.45) is 1.61. The molecule has 16 heavy (non-hydrogen) atoms. The molecule has 0 saturated carbocycles. The first-order valence-corrected chi connectivity index (χ1v) is 6.12. The van der Waals surface area contributed by atoms with E-state index in [0.29, 0.717) is 12.3 Å². The highest BCUT2D eigenvalue weighted by Crippen LogP contribution is 2.32. The summed E-state index contributed by atoms with van der Waals surface area (Å²) < 4.78 is 0. The number of carbonyl (C=O) groups excluding carboxylic acids is 1. The molecule has 1 aromatic rings. The van der Waals surface area contributed by atoms with Crippen molar-refractivity contribution in [2.45, 2.75) is 25.7 Å². The highest BCUT2D eigenvalue weighted by Gasteiger charge is 2.26. The summed E-state index contributed by atoms with van der Waals surface area (Å²) in [5.41, 5.74) is 1.12. The molecular weight excluding hydrogens is 222 g/mol. The van der Waals surface area contributed by atoms with E-state index in [1.807, 2.05) is 36.1 Å². The molecule has 2 nitrogen and oxygen atoms in total. The fourth-order valence-corrected chi connectivity index (χ4v) is 2.57. The van der Waals surface area contributed by atoms with Crippen molar-refractivity contribution in [3.05, 3.63) is 34.9 Å². The zero-order valence-electron chi connectivity index (χ0n) is 9.45. The third kappa shape index (κ3) is 2.22. The van der Waals surface area contributed by atoms with Crippen LogP contribution in [0, 0.1) is 0 Å². The van der Waals surface area contributed by atoms with Gasteiger partial charge in [-0.3, -0.25) is 4.79 Å². The van der Waals surface area contributed by atoms with Crippen molar-refractivity contribution in [3.63, 3.8) is 0 Å². The Morgan fingerprint density at radius 1 is 1.44 bits per heavy atom. The molecule has 1 atom stereocenters. The van der Waals surface area contributed by atoms with Gasteiger partial charge in [0.1, 0.15) is 0 Å². The van der Waals surface area contributed by atoms with Gasteiger partial charge in [-0.2, -0.15) is 0 Å². The predicted octanol–water partition coefficient (Wildman–Crippen LogP) is 3.07. The number of carbonyl (C=O) groups is 1. The molecule has 1 heterocycles. The third-order valence-electron chi connectivity index (χ3n) is 3.25. The lowest BCUT2D eigenvalue weighted by Crippen LogP contribution is -2.37. The lowest BCUT2D eigenvalue weighted by Gasteiger charge is -2.31. The first-order valence-electron chi connectivity index (χ1n) is 5.74. The Labute approximate surface area is 101 Å². The van der Waals surface area contributed by atoms with Crippen molar-refractivity contribution < 1.29 is 4.79 Å². The Morgan fingerprint density at radius 3 is 2.81 bits per heavy atom. The van der Waals surface area contributed by atoms with Crippen LogP contribution in [-0.2, 0) is 4.79 Å². The van der Waals surface area contributed by atoms with Gasteiger partial charge in [0.25, 0.3) is 0 Å². The lowest BCUT2D eigenvalue weighted by atomic mass is 9.89. The number of piperidine rings is 1. The molecule has 1 aliphatic heterocycles. The van der Waals surface area contributed by atoms with Crippen LogP contribution in [0.5, 0.6) is 0 Å². The van der Waals surface area contributed by atoms with Crippen LogP contribution < -0.4 is 0 Å². The van der Waals surface area contributed by atoms with E-state index in [0.717, 1.165) is 30.1 Å². The SMILES string of the molecule is CCN1CCC(c2ccccc2Cl)CC1=O. The second-order valence-corrected chi connectivity index (χ2v) is 4.59. The molecule has 0 bridgehead atoms. The van der Waals surface area contributed by atoms with E-state index in [1.54, 1.807) is 0 Å². The highest BCUT2D eigenvalue weighted by molar-refractivity contribution is 6.31. The van der Waals surface area contributed by atoms with Crippen LogP contribution in [0.3, 0.4) is 0 Å². The largest absolute Gasteiger partial charge is 0.343 e. The maximum absolute atomic E-state index is 11.8. The molecule has 0 aliphatic carbocycles. The van der Waals surface area contributed by atoms with E-state index in [1.165, 1.54) is 0 Å². The summed E-state index contributed by atoms with van der Waals surface area (Å²) in [4.78, 5) is 13.7. The molecule has 3 heteroatoms. The van der Waals surface area contributed by atoms with Crippen LogP contribution >= 0.6 is 11.6 Å². The average molecular weight is 238 g/mol. The molecule has 0 radical (unpaired) electrons. The second kappa shape index (κ2) is 4.88. The number of amides is 1. The van der Waals surface area contributed by atoms with Gasteiger partial charge in [-0.1, -0.05) is 29.8 Å². The molecular formula is C13H16ClNO. The summed E-state index contributed by atoms with van der Waals surface area (Å²) in [7, 11) is 0. The van der Waals surface area contributed by atoms with E-state index < -0.39 is 0 Å². The van der Waals surface area contributed by atoms with Crippen molar-refractivity contribution in [3.8, 4) is 0 Å².